The first-order chi connectivity index (χ1) is 7.54. The Bertz CT molecular complexity index is 381. The highest BCUT2D eigenvalue weighted by Crippen LogP contribution is 2.19. The molecule has 4 nitrogen and oxygen atoms in total. The standard InChI is InChI=1S/C12H14O4/c1-8-4-6-10(7-5-8)11(12(14)15-3)16-9(2)13/h4-7,11H,1-3H3/t11-/m0/s1. The van der Waals surface area contributed by atoms with Crippen molar-refractivity contribution in [3.63, 3.8) is 0 Å². The average Bonchev–Trinajstić information content (AvgIpc) is 2.26. The Morgan fingerprint density at radius 2 is 1.75 bits per heavy atom. The van der Waals surface area contributed by atoms with Gasteiger partial charge in [-0.25, -0.2) is 4.79 Å². The van der Waals surface area contributed by atoms with Crippen LogP contribution in [-0.2, 0) is 19.1 Å². The molecule has 1 aromatic carbocycles. The Labute approximate surface area is 94.2 Å². The molecule has 86 valence electrons. The van der Waals surface area contributed by atoms with E-state index in [9.17, 15) is 9.59 Å². The molecule has 0 spiro atoms. The van der Waals surface area contributed by atoms with Crippen molar-refractivity contribution in [3.8, 4) is 0 Å². The lowest BCUT2D eigenvalue weighted by Gasteiger charge is -2.14. The molecule has 0 saturated carbocycles. The van der Waals surface area contributed by atoms with E-state index in [1.165, 1.54) is 14.0 Å². The fourth-order valence-electron chi connectivity index (χ4n) is 1.27. The van der Waals surface area contributed by atoms with E-state index in [1.54, 1.807) is 12.1 Å². The van der Waals surface area contributed by atoms with E-state index < -0.39 is 18.0 Å². The highest BCUT2D eigenvalue weighted by molar-refractivity contribution is 5.80. The molecular weight excluding hydrogens is 208 g/mol. The second kappa shape index (κ2) is 5.30. The number of hydrogen-bond acceptors (Lipinski definition) is 4. The Balaban J connectivity index is 2.96. The predicted molar refractivity (Wildman–Crippen MR) is 57.7 cm³/mol. The smallest absolute Gasteiger partial charge is 0.351 e. The van der Waals surface area contributed by atoms with Crippen molar-refractivity contribution < 1.29 is 19.1 Å². The maximum atomic E-state index is 11.4. The van der Waals surface area contributed by atoms with Crippen molar-refractivity contribution in [1.82, 2.24) is 0 Å². The van der Waals surface area contributed by atoms with E-state index >= 15 is 0 Å². The molecule has 0 saturated heterocycles. The third kappa shape index (κ3) is 3.08. The summed E-state index contributed by atoms with van der Waals surface area (Å²) in [7, 11) is 1.26. The van der Waals surface area contributed by atoms with Crippen LogP contribution in [-0.4, -0.2) is 19.0 Å². The summed E-state index contributed by atoms with van der Waals surface area (Å²) in [4.78, 5) is 22.3. The number of esters is 2. The summed E-state index contributed by atoms with van der Waals surface area (Å²) in [6, 6.07) is 7.16. The average molecular weight is 222 g/mol. The number of benzene rings is 1. The van der Waals surface area contributed by atoms with Gasteiger partial charge >= 0.3 is 11.9 Å². The maximum absolute atomic E-state index is 11.4. The van der Waals surface area contributed by atoms with Crippen LogP contribution in [0.3, 0.4) is 0 Å². The van der Waals surface area contributed by atoms with E-state index in [0.29, 0.717) is 5.56 Å². The Morgan fingerprint density at radius 3 is 2.19 bits per heavy atom. The van der Waals surface area contributed by atoms with Gasteiger partial charge in [-0.1, -0.05) is 29.8 Å². The molecule has 0 amide bonds. The van der Waals surface area contributed by atoms with Gasteiger partial charge in [0.05, 0.1) is 7.11 Å². The molecule has 0 aliphatic rings. The van der Waals surface area contributed by atoms with Gasteiger partial charge in [0, 0.05) is 12.5 Å². The Morgan fingerprint density at radius 1 is 1.19 bits per heavy atom. The number of aryl methyl sites for hydroxylation is 1. The number of hydrogen-bond donors (Lipinski definition) is 0. The molecule has 0 fully saturated rings. The highest BCUT2D eigenvalue weighted by atomic mass is 16.6. The third-order valence-electron chi connectivity index (χ3n) is 2.08. The van der Waals surface area contributed by atoms with E-state index in [-0.39, 0.29) is 0 Å². The van der Waals surface area contributed by atoms with Gasteiger partial charge in [-0.05, 0) is 6.92 Å². The minimum absolute atomic E-state index is 0.518. The normalized spacial score (nSPS) is 11.7. The van der Waals surface area contributed by atoms with Crippen molar-refractivity contribution in [3.05, 3.63) is 35.4 Å². The summed E-state index contributed by atoms with van der Waals surface area (Å²) in [5.41, 5.74) is 1.67. The molecule has 0 heterocycles. The van der Waals surface area contributed by atoms with Crippen LogP contribution in [0.5, 0.6) is 0 Å². The molecule has 0 aliphatic heterocycles. The number of carbonyl (C=O) groups is 2. The minimum atomic E-state index is -0.983. The van der Waals surface area contributed by atoms with Crippen molar-refractivity contribution in [1.29, 1.82) is 0 Å². The topological polar surface area (TPSA) is 52.6 Å². The second-order valence-corrected chi connectivity index (χ2v) is 3.42. The van der Waals surface area contributed by atoms with Gasteiger partial charge in [0.15, 0.2) is 0 Å². The molecular formula is C12H14O4. The fourth-order valence-corrected chi connectivity index (χ4v) is 1.27. The summed E-state index contributed by atoms with van der Waals surface area (Å²) in [6.07, 6.45) is -0.983. The molecule has 0 unspecified atom stereocenters. The maximum Gasteiger partial charge on any atom is 0.351 e. The zero-order chi connectivity index (χ0) is 12.1. The van der Waals surface area contributed by atoms with E-state index in [2.05, 4.69) is 4.74 Å². The molecule has 16 heavy (non-hydrogen) atoms. The molecule has 0 aliphatic carbocycles. The summed E-state index contributed by atoms with van der Waals surface area (Å²) in [5, 5.41) is 0. The second-order valence-electron chi connectivity index (χ2n) is 3.42. The van der Waals surface area contributed by atoms with Gasteiger partial charge < -0.3 is 9.47 Å². The van der Waals surface area contributed by atoms with Gasteiger partial charge in [-0.2, -0.15) is 0 Å². The SMILES string of the molecule is COC(=O)[C@@H](OC(C)=O)c1ccc(C)cc1. The van der Waals surface area contributed by atoms with Crippen LogP contribution in [0.25, 0.3) is 0 Å². The lowest BCUT2D eigenvalue weighted by atomic mass is 10.1. The van der Waals surface area contributed by atoms with Crippen LogP contribution in [0.4, 0.5) is 0 Å². The van der Waals surface area contributed by atoms with Gasteiger partial charge in [0.1, 0.15) is 0 Å². The van der Waals surface area contributed by atoms with Gasteiger partial charge in [-0.15, -0.1) is 0 Å². The van der Waals surface area contributed by atoms with Crippen molar-refractivity contribution in [2.45, 2.75) is 20.0 Å². The van der Waals surface area contributed by atoms with Crippen LogP contribution in [0.1, 0.15) is 24.2 Å². The molecule has 0 aromatic heterocycles. The van der Waals surface area contributed by atoms with Crippen LogP contribution >= 0.6 is 0 Å². The first-order valence-electron chi connectivity index (χ1n) is 4.86. The number of ether oxygens (including phenoxy) is 2. The van der Waals surface area contributed by atoms with E-state index in [4.69, 9.17) is 4.74 Å². The summed E-state index contributed by atoms with van der Waals surface area (Å²) in [6.45, 7) is 3.19. The van der Waals surface area contributed by atoms with Crippen LogP contribution in [0.15, 0.2) is 24.3 Å². The van der Waals surface area contributed by atoms with E-state index in [1.807, 2.05) is 19.1 Å². The van der Waals surface area contributed by atoms with Crippen LogP contribution in [0, 0.1) is 6.92 Å². The van der Waals surface area contributed by atoms with Gasteiger partial charge in [-0.3, -0.25) is 4.79 Å². The van der Waals surface area contributed by atoms with Gasteiger partial charge in [0.2, 0.25) is 6.10 Å². The molecule has 0 radical (unpaired) electrons. The Kier molecular flexibility index (Phi) is 4.05. The number of rotatable bonds is 3. The van der Waals surface area contributed by atoms with Gasteiger partial charge in [0.25, 0.3) is 0 Å². The van der Waals surface area contributed by atoms with Crippen LogP contribution in [0.2, 0.25) is 0 Å². The lowest BCUT2D eigenvalue weighted by Crippen LogP contribution is -2.19. The van der Waals surface area contributed by atoms with Crippen molar-refractivity contribution in [2.24, 2.45) is 0 Å². The number of methoxy groups -OCH3 is 1. The summed E-state index contributed by atoms with van der Waals surface area (Å²) in [5.74, 6) is -1.10. The lowest BCUT2D eigenvalue weighted by molar-refractivity contribution is -0.165. The van der Waals surface area contributed by atoms with Crippen LogP contribution < -0.4 is 0 Å². The zero-order valence-electron chi connectivity index (χ0n) is 9.52. The molecule has 4 heteroatoms. The fraction of sp³-hybridized carbons (Fsp3) is 0.333. The first kappa shape index (κ1) is 12.2. The molecule has 1 rings (SSSR count). The minimum Gasteiger partial charge on any atom is -0.466 e. The molecule has 0 N–H and O–H groups in total. The monoisotopic (exact) mass is 222 g/mol. The highest BCUT2D eigenvalue weighted by Gasteiger charge is 2.24. The molecule has 1 atom stereocenters. The quantitative estimate of drug-likeness (QED) is 0.731. The Hall–Kier alpha value is -1.84. The predicted octanol–water partition coefficient (Wildman–Crippen LogP) is 1.77. The van der Waals surface area contributed by atoms with Crippen molar-refractivity contribution >= 4 is 11.9 Å². The summed E-state index contributed by atoms with van der Waals surface area (Å²) >= 11 is 0. The molecule has 1 aromatic rings. The molecule has 0 bridgehead atoms. The van der Waals surface area contributed by atoms with Crippen molar-refractivity contribution in [2.75, 3.05) is 7.11 Å². The third-order valence-corrected chi connectivity index (χ3v) is 2.08. The number of carbonyl (C=O) groups excluding carboxylic acids is 2. The first-order valence-corrected chi connectivity index (χ1v) is 4.86. The summed E-state index contributed by atoms with van der Waals surface area (Å²) < 4.78 is 9.50. The zero-order valence-corrected chi connectivity index (χ0v) is 9.52. The largest absolute Gasteiger partial charge is 0.466 e. The van der Waals surface area contributed by atoms with E-state index in [0.717, 1.165) is 5.56 Å².